The van der Waals surface area contributed by atoms with Crippen LogP contribution in [0.1, 0.15) is 28.4 Å². The van der Waals surface area contributed by atoms with Gasteiger partial charge in [-0.3, -0.25) is 4.79 Å². The summed E-state index contributed by atoms with van der Waals surface area (Å²) in [6, 6.07) is 13.4. The fourth-order valence-corrected chi connectivity index (χ4v) is 3.01. The van der Waals surface area contributed by atoms with Crippen molar-refractivity contribution >= 4 is 11.6 Å². The van der Waals surface area contributed by atoms with Crippen LogP contribution in [0.2, 0.25) is 0 Å². The van der Waals surface area contributed by atoms with Gasteiger partial charge < -0.3 is 14.9 Å². The molecular weight excluding hydrogens is 288 g/mol. The van der Waals surface area contributed by atoms with Crippen LogP contribution in [-0.2, 0) is 13.0 Å². The van der Waals surface area contributed by atoms with Crippen LogP contribution in [0.5, 0.6) is 5.75 Å². The Kier molecular flexibility index (Phi) is 4.24. The number of aromatic hydroxyl groups is 1. The summed E-state index contributed by atoms with van der Waals surface area (Å²) in [5.74, 6) is -0.0546. The molecule has 0 fully saturated rings. The van der Waals surface area contributed by atoms with E-state index in [0.29, 0.717) is 18.7 Å². The Morgan fingerprint density at radius 2 is 1.96 bits per heavy atom. The Hall–Kier alpha value is -2.49. The summed E-state index contributed by atoms with van der Waals surface area (Å²) >= 11 is 0. The van der Waals surface area contributed by atoms with Crippen molar-refractivity contribution in [1.29, 1.82) is 0 Å². The molecule has 0 radical (unpaired) electrons. The van der Waals surface area contributed by atoms with Crippen molar-refractivity contribution in [2.45, 2.75) is 19.9 Å². The lowest BCUT2D eigenvalue weighted by Crippen LogP contribution is -2.34. The molecular formula is C19H22N2O2. The highest BCUT2D eigenvalue weighted by molar-refractivity contribution is 5.97. The highest BCUT2D eigenvalue weighted by Gasteiger charge is 2.24. The van der Waals surface area contributed by atoms with E-state index in [4.69, 9.17) is 0 Å². The predicted octanol–water partition coefficient (Wildman–Crippen LogP) is 3.05. The molecule has 0 aliphatic carbocycles. The van der Waals surface area contributed by atoms with Crippen LogP contribution in [0.25, 0.3) is 0 Å². The Bertz CT molecular complexity index is 727. The van der Waals surface area contributed by atoms with E-state index >= 15 is 0 Å². The topological polar surface area (TPSA) is 43.8 Å². The number of hydrogen-bond acceptors (Lipinski definition) is 3. The van der Waals surface area contributed by atoms with E-state index in [1.807, 2.05) is 37.1 Å². The number of rotatable bonds is 2. The molecule has 0 saturated heterocycles. The second kappa shape index (κ2) is 6.32. The molecule has 1 aliphatic rings. The number of amides is 1. The molecule has 120 valence electrons. The largest absolute Gasteiger partial charge is 0.507 e. The minimum absolute atomic E-state index is 0.0538. The van der Waals surface area contributed by atoms with Gasteiger partial charge in [0.2, 0.25) is 0 Å². The Labute approximate surface area is 137 Å². The van der Waals surface area contributed by atoms with E-state index < -0.39 is 0 Å². The third-order valence-electron chi connectivity index (χ3n) is 4.46. The molecule has 0 unspecified atom stereocenters. The lowest BCUT2D eigenvalue weighted by atomic mass is 10.1. The fourth-order valence-electron chi connectivity index (χ4n) is 3.01. The monoisotopic (exact) mass is 310 g/mol. The highest BCUT2D eigenvalue weighted by Crippen LogP contribution is 2.26. The minimum Gasteiger partial charge on any atom is -0.507 e. The van der Waals surface area contributed by atoms with Gasteiger partial charge in [-0.2, -0.15) is 0 Å². The average molecular weight is 310 g/mol. The molecule has 2 aromatic rings. The van der Waals surface area contributed by atoms with E-state index in [1.54, 1.807) is 12.1 Å². The molecule has 0 spiro atoms. The Morgan fingerprint density at radius 3 is 2.74 bits per heavy atom. The van der Waals surface area contributed by atoms with Gasteiger partial charge in [0.25, 0.3) is 5.91 Å². The SMILES string of the molecule is CCc1ccc(O)c(C(=O)N2CCN(C)c3ccccc3C2)c1. The van der Waals surface area contributed by atoms with Gasteiger partial charge >= 0.3 is 0 Å². The van der Waals surface area contributed by atoms with Crippen molar-refractivity contribution < 1.29 is 9.90 Å². The first kappa shape index (κ1) is 15.4. The second-order valence-electron chi connectivity index (χ2n) is 5.98. The fraction of sp³-hybridized carbons (Fsp3) is 0.316. The van der Waals surface area contributed by atoms with E-state index in [0.717, 1.165) is 29.8 Å². The molecule has 0 atom stereocenters. The number of nitrogens with zero attached hydrogens (tertiary/aromatic N) is 2. The molecule has 2 aromatic carbocycles. The number of fused-ring (bicyclic) bond motifs is 1. The Morgan fingerprint density at radius 1 is 1.17 bits per heavy atom. The van der Waals surface area contributed by atoms with Crippen LogP contribution in [0.4, 0.5) is 5.69 Å². The summed E-state index contributed by atoms with van der Waals surface area (Å²) in [5.41, 5.74) is 3.74. The lowest BCUT2D eigenvalue weighted by Gasteiger charge is -2.22. The smallest absolute Gasteiger partial charge is 0.257 e. The van der Waals surface area contributed by atoms with Crippen molar-refractivity contribution in [1.82, 2.24) is 4.90 Å². The summed E-state index contributed by atoms with van der Waals surface area (Å²) in [6.45, 7) is 4.02. The van der Waals surface area contributed by atoms with E-state index in [1.165, 1.54) is 0 Å². The first-order valence-electron chi connectivity index (χ1n) is 8.00. The highest BCUT2D eigenvalue weighted by atomic mass is 16.3. The van der Waals surface area contributed by atoms with Gasteiger partial charge in [-0.05, 0) is 35.7 Å². The van der Waals surface area contributed by atoms with Crippen LogP contribution < -0.4 is 4.90 Å². The maximum atomic E-state index is 12.9. The quantitative estimate of drug-likeness (QED) is 0.927. The summed E-state index contributed by atoms with van der Waals surface area (Å²) in [6.07, 6.45) is 0.839. The molecule has 1 amide bonds. The third-order valence-corrected chi connectivity index (χ3v) is 4.46. The molecule has 4 heteroatoms. The number of anilines is 1. The lowest BCUT2D eigenvalue weighted by molar-refractivity contribution is 0.0748. The summed E-state index contributed by atoms with van der Waals surface area (Å²) in [5, 5.41) is 10.1. The van der Waals surface area contributed by atoms with E-state index in [-0.39, 0.29) is 11.7 Å². The molecule has 23 heavy (non-hydrogen) atoms. The van der Waals surface area contributed by atoms with E-state index in [9.17, 15) is 9.90 Å². The zero-order valence-electron chi connectivity index (χ0n) is 13.6. The van der Waals surface area contributed by atoms with Crippen molar-refractivity contribution in [3.63, 3.8) is 0 Å². The van der Waals surface area contributed by atoms with Crippen LogP contribution >= 0.6 is 0 Å². The predicted molar refractivity (Wildman–Crippen MR) is 91.9 cm³/mol. The molecule has 0 bridgehead atoms. The molecule has 1 heterocycles. The number of carbonyl (C=O) groups is 1. The molecule has 0 aromatic heterocycles. The zero-order valence-corrected chi connectivity index (χ0v) is 13.6. The van der Waals surface area contributed by atoms with Gasteiger partial charge in [-0.1, -0.05) is 31.2 Å². The van der Waals surface area contributed by atoms with Gasteiger partial charge in [-0.25, -0.2) is 0 Å². The number of hydrogen-bond donors (Lipinski definition) is 1. The Balaban J connectivity index is 1.92. The third kappa shape index (κ3) is 3.02. The van der Waals surface area contributed by atoms with Crippen LogP contribution in [0.3, 0.4) is 0 Å². The maximum absolute atomic E-state index is 12.9. The van der Waals surface area contributed by atoms with Gasteiger partial charge in [0.15, 0.2) is 0 Å². The van der Waals surface area contributed by atoms with Gasteiger partial charge in [0.1, 0.15) is 5.75 Å². The van der Waals surface area contributed by atoms with Gasteiger partial charge in [-0.15, -0.1) is 0 Å². The van der Waals surface area contributed by atoms with Gasteiger partial charge in [0, 0.05) is 32.4 Å². The van der Waals surface area contributed by atoms with Crippen LogP contribution in [0, 0.1) is 0 Å². The molecule has 1 aliphatic heterocycles. The number of carbonyl (C=O) groups excluding carboxylic acids is 1. The molecule has 4 nitrogen and oxygen atoms in total. The zero-order chi connectivity index (χ0) is 16.4. The molecule has 3 rings (SSSR count). The number of benzene rings is 2. The first-order chi connectivity index (χ1) is 11.1. The number of likely N-dealkylation sites (N-methyl/N-ethyl adjacent to an activating group) is 1. The second-order valence-corrected chi connectivity index (χ2v) is 5.98. The molecule has 0 saturated carbocycles. The summed E-state index contributed by atoms with van der Waals surface area (Å²) in [4.78, 5) is 16.9. The number of phenols is 1. The van der Waals surface area contributed by atoms with Crippen LogP contribution in [0.15, 0.2) is 42.5 Å². The minimum atomic E-state index is -0.108. The number of para-hydroxylation sites is 1. The first-order valence-corrected chi connectivity index (χ1v) is 8.00. The standard InChI is InChI=1S/C19H22N2O2/c1-3-14-8-9-18(22)16(12-14)19(23)21-11-10-20(2)17-7-5-4-6-15(17)13-21/h4-9,12,22H,3,10-11,13H2,1-2H3. The van der Waals surface area contributed by atoms with Crippen molar-refractivity contribution in [3.05, 3.63) is 59.2 Å². The number of phenolic OH excluding ortho intramolecular Hbond substituents is 1. The van der Waals surface area contributed by atoms with Crippen molar-refractivity contribution in [2.24, 2.45) is 0 Å². The van der Waals surface area contributed by atoms with Crippen molar-refractivity contribution in [2.75, 3.05) is 25.0 Å². The average Bonchev–Trinajstić information content (AvgIpc) is 2.74. The number of aryl methyl sites for hydroxylation is 1. The summed E-state index contributed by atoms with van der Waals surface area (Å²) in [7, 11) is 2.04. The molecule has 1 N–H and O–H groups in total. The normalized spacial score (nSPS) is 14.3. The van der Waals surface area contributed by atoms with Gasteiger partial charge in [0.05, 0.1) is 5.56 Å². The maximum Gasteiger partial charge on any atom is 0.257 e. The van der Waals surface area contributed by atoms with E-state index in [2.05, 4.69) is 17.0 Å². The summed E-state index contributed by atoms with van der Waals surface area (Å²) < 4.78 is 0. The van der Waals surface area contributed by atoms with Crippen LogP contribution in [-0.4, -0.2) is 36.1 Å². The van der Waals surface area contributed by atoms with Crippen molar-refractivity contribution in [3.8, 4) is 5.75 Å².